The zero-order valence-corrected chi connectivity index (χ0v) is 29.4. The molecule has 3 amide bonds. The molecule has 1 heterocycles. The minimum absolute atomic E-state index is 0.0328. The van der Waals surface area contributed by atoms with Crippen LogP contribution >= 0.6 is 11.8 Å². The minimum atomic E-state index is -0.859. The van der Waals surface area contributed by atoms with Gasteiger partial charge in [0.15, 0.2) is 0 Å². The van der Waals surface area contributed by atoms with E-state index in [1.54, 1.807) is 16.7 Å². The van der Waals surface area contributed by atoms with Crippen LogP contribution < -0.4 is 16.4 Å². The highest BCUT2D eigenvalue weighted by Crippen LogP contribution is 2.44. The molecule has 0 aromatic heterocycles. The number of nitrogens with one attached hydrogen (secondary N) is 2. The van der Waals surface area contributed by atoms with Crippen LogP contribution in [0.5, 0.6) is 0 Å². The molecular weight excluding hydrogens is 570 g/mol. The topological polar surface area (TPSA) is 128 Å². The Morgan fingerprint density at radius 3 is 2.23 bits per heavy atom. The Kier molecular flexibility index (Phi) is 19.8. The lowest BCUT2D eigenvalue weighted by atomic mass is 9.94. The first-order valence-electron chi connectivity index (χ1n) is 15.6. The number of amides is 3. The predicted molar refractivity (Wildman–Crippen MR) is 184 cm³/mol. The normalized spacial score (nSPS) is 15.4. The fraction of sp³-hybridized carbons (Fsp3) is 0.600. The second kappa shape index (κ2) is 21.4. The lowest BCUT2D eigenvalue weighted by Crippen LogP contribution is -2.42. The van der Waals surface area contributed by atoms with E-state index in [0.29, 0.717) is 38.4 Å². The van der Waals surface area contributed by atoms with Crippen LogP contribution in [0.1, 0.15) is 111 Å². The number of nitriles is 1. The highest BCUT2D eigenvalue weighted by molar-refractivity contribution is 8.12. The molecule has 1 aliphatic carbocycles. The van der Waals surface area contributed by atoms with Gasteiger partial charge in [0.2, 0.25) is 18.2 Å². The Labute approximate surface area is 271 Å². The Balaban J connectivity index is 0.000000722. The molecule has 244 valence electrons. The van der Waals surface area contributed by atoms with Crippen molar-refractivity contribution in [1.29, 1.82) is 5.26 Å². The molecule has 9 heteroatoms. The van der Waals surface area contributed by atoms with Crippen molar-refractivity contribution >= 4 is 34.9 Å². The van der Waals surface area contributed by atoms with E-state index in [-0.39, 0.29) is 24.4 Å². The summed E-state index contributed by atoms with van der Waals surface area (Å²) in [5, 5.41) is 17.2. The predicted octanol–water partition coefficient (Wildman–Crippen LogP) is 6.18. The third-order valence-corrected chi connectivity index (χ3v) is 7.65. The fourth-order valence-corrected chi connectivity index (χ4v) is 4.76. The van der Waals surface area contributed by atoms with Gasteiger partial charge in [-0.05, 0) is 85.6 Å². The lowest BCUT2D eigenvalue weighted by Gasteiger charge is -2.16. The van der Waals surface area contributed by atoms with Gasteiger partial charge in [-0.1, -0.05) is 78.2 Å². The summed E-state index contributed by atoms with van der Waals surface area (Å²) in [5.41, 5.74) is 9.73. The van der Waals surface area contributed by atoms with Crippen molar-refractivity contribution in [3.8, 4) is 17.2 Å². The van der Waals surface area contributed by atoms with Crippen LogP contribution in [0.2, 0.25) is 0 Å². The maximum absolute atomic E-state index is 11.7. The number of thioether (sulfide) groups is 1. The summed E-state index contributed by atoms with van der Waals surface area (Å²) in [6.07, 6.45) is 2.74. The first-order valence-corrected chi connectivity index (χ1v) is 16.4. The molecule has 1 aliphatic heterocycles. The second-order valence-corrected chi connectivity index (χ2v) is 12.7. The quantitative estimate of drug-likeness (QED) is 0.222. The highest BCUT2D eigenvalue weighted by Gasteiger charge is 2.50. The van der Waals surface area contributed by atoms with E-state index >= 15 is 0 Å². The number of carbonyl (C=O) groups is 3. The van der Waals surface area contributed by atoms with Crippen molar-refractivity contribution in [3.63, 3.8) is 0 Å². The summed E-state index contributed by atoms with van der Waals surface area (Å²) < 4.78 is 0. The third kappa shape index (κ3) is 14.5. The molecular formula is C35H55N5O3S. The van der Waals surface area contributed by atoms with Crippen LogP contribution in [-0.4, -0.2) is 48.8 Å². The number of carbonyl (C=O) groups excluding carboxylic acids is 3. The van der Waals surface area contributed by atoms with Gasteiger partial charge in [0.1, 0.15) is 5.41 Å². The van der Waals surface area contributed by atoms with Crippen LogP contribution in [0.3, 0.4) is 0 Å². The van der Waals surface area contributed by atoms with E-state index in [1.165, 1.54) is 27.2 Å². The molecule has 1 aromatic rings. The Bertz CT molecular complexity index is 1200. The Morgan fingerprint density at radius 1 is 1.18 bits per heavy atom. The van der Waals surface area contributed by atoms with Crippen LogP contribution in [0.25, 0.3) is 4.91 Å². The number of likely N-dealkylation sites (tertiary alicyclic amines) is 1. The van der Waals surface area contributed by atoms with E-state index in [4.69, 9.17) is 11.0 Å². The largest absolute Gasteiger partial charge is 0.355 e. The molecule has 1 unspecified atom stereocenters. The summed E-state index contributed by atoms with van der Waals surface area (Å²) >= 11 is 1.57. The number of nitrogens with zero attached hydrogens (tertiary/aromatic N) is 2. The summed E-state index contributed by atoms with van der Waals surface area (Å²) in [7, 11) is 0. The maximum atomic E-state index is 11.7. The molecule has 1 saturated heterocycles. The molecule has 3 rings (SSSR count). The van der Waals surface area contributed by atoms with Gasteiger partial charge in [-0.2, -0.15) is 5.26 Å². The van der Waals surface area contributed by atoms with E-state index in [0.717, 1.165) is 18.7 Å². The molecule has 2 fully saturated rings. The highest BCUT2D eigenvalue weighted by atomic mass is 32.2. The van der Waals surface area contributed by atoms with Crippen molar-refractivity contribution in [2.75, 3.05) is 19.6 Å². The lowest BCUT2D eigenvalue weighted by molar-refractivity contribution is -0.133. The van der Waals surface area contributed by atoms with Crippen LogP contribution in [0.4, 0.5) is 0 Å². The van der Waals surface area contributed by atoms with Crippen molar-refractivity contribution in [1.82, 2.24) is 15.5 Å². The van der Waals surface area contributed by atoms with Crippen molar-refractivity contribution in [2.24, 2.45) is 17.1 Å². The van der Waals surface area contributed by atoms with Gasteiger partial charge < -0.3 is 21.3 Å². The number of hydrogen-bond donors (Lipinski definition) is 3. The molecule has 0 spiro atoms. The molecule has 0 bridgehead atoms. The fourth-order valence-electron chi connectivity index (χ4n) is 4.10. The summed E-state index contributed by atoms with van der Waals surface area (Å²) in [5.74, 6) is 3.73. The maximum Gasteiger partial charge on any atom is 0.242 e. The molecule has 0 radical (unpaired) electrons. The molecule has 2 aliphatic rings. The standard InChI is InChI=1S/C18H23NOS.C11H16N4O2.C4H10.C2H6/c1-6-9-21-18(14(4)5)15-7-8-16(11-19-12-20)17(10-15)13(2)3;12-7-11(2-3-11)10(17)14-5-9(16)15-4-1-8(13)6-15;1-4(2)3;1-2/h7-8,10,12-13H,11H2,1-5H3,(H,19,20);8H,1-6,13H2,(H,14,17);4H,1-3H3;1-2H3. The number of allylic oxidation sites excluding steroid dienone is 1. The average Bonchev–Trinajstić information content (AvgIpc) is 3.68. The first-order chi connectivity index (χ1) is 20.8. The van der Waals surface area contributed by atoms with Crippen molar-refractivity contribution < 1.29 is 14.4 Å². The molecule has 44 heavy (non-hydrogen) atoms. The molecule has 8 nitrogen and oxygen atoms in total. The van der Waals surface area contributed by atoms with E-state index in [1.807, 2.05) is 26.8 Å². The number of hydrogen-bond acceptors (Lipinski definition) is 6. The van der Waals surface area contributed by atoms with E-state index in [9.17, 15) is 14.4 Å². The second-order valence-electron chi connectivity index (χ2n) is 11.8. The van der Waals surface area contributed by atoms with Gasteiger partial charge in [0, 0.05) is 30.6 Å². The van der Waals surface area contributed by atoms with Gasteiger partial charge in [0.25, 0.3) is 0 Å². The van der Waals surface area contributed by atoms with E-state index < -0.39 is 5.41 Å². The zero-order chi connectivity index (χ0) is 33.9. The van der Waals surface area contributed by atoms with Crippen LogP contribution in [0, 0.1) is 33.8 Å². The molecule has 4 N–H and O–H groups in total. The smallest absolute Gasteiger partial charge is 0.242 e. The van der Waals surface area contributed by atoms with Crippen molar-refractivity contribution in [2.45, 2.75) is 107 Å². The van der Waals surface area contributed by atoms with Crippen LogP contribution in [0.15, 0.2) is 23.8 Å². The SMILES string of the molecule is CC.CC#CSC(=C(C)C)c1ccc(CNC=O)c(C(C)C)c1.CC(C)C.N#CC1(C(=O)NCC(=O)N2CCC(N)C2)CC1. The molecule has 1 saturated carbocycles. The number of nitrogens with two attached hydrogens (primary N) is 1. The Morgan fingerprint density at radius 2 is 1.80 bits per heavy atom. The first kappa shape index (κ1) is 40.7. The number of benzene rings is 1. The molecule has 1 atom stereocenters. The monoisotopic (exact) mass is 625 g/mol. The molecule has 1 aromatic carbocycles. The van der Waals surface area contributed by atoms with Gasteiger partial charge in [0.05, 0.1) is 12.6 Å². The number of rotatable bonds is 9. The Hall–Kier alpha value is -3.27. The zero-order valence-electron chi connectivity index (χ0n) is 28.6. The van der Waals surface area contributed by atoms with Gasteiger partial charge >= 0.3 is 0 Å². The minimum Gasteiger partial charge on any atom is -0.355 e. The summed E-state index contributed by atoms with van der Waals surface area (Å²) in [6, 6.07) is 8.47. The van der Waals surface area contributed by atoms with Gasteiger partial charge in [-0.3, -0.25) is 14.4 Å². The summed E-state index contributed by atoms with van der Waals surface area (Å²) in [4.78, 5) is 36.7. The average molecular weight is 626 g/mol. The third-order valence-electron chi connectivity index (χ3n) is 6.49. The van der Waals surface area contributed by atoms with Crippen LogP contribution in [-0.2, 0) is 20.9 Å². The van der Waals surface area contributed by atoms with Gasteiger partial charge in [-0.15, -0.1) is 0 Å². The van der Waals surface area contributed by atoms with Gasteiger partial charge in [-0.25, -0.2) is 0 Å². The van der Waals surface area contributed by atoms with Crippen molar-refractivity contribution in [3.05, 3.63) is 40.5 Å². The van der Waals surface area contributed by atoms with E-state index in [2.05, 4.69) is 88.5 Å². The summed E-state index contributed by atoms with van der Waals surface area (Å²) in [6.45, 7) is 22.7.